The quantitative estimate of drug-likeness (QED) is 0.528. The lowest BCUT2D eigenvalue weighted by Crippen LogP contribution is -2.12. The van der Waals surface area contributed by atoms with Gasteiger partial charge in [-0.1, -0.05) is 6.08 Å². The number of rotatable bonds is 4. The summed E-state index contributed by atoms with van der Waals surface area (Å²) in [5.41, 5.74) is 0. The third-order valence-corrected chi connectivity index (χ3v) is 0.898. The number of aliphatic hydroxyl groups is 1. The van der Waals surface area contributed by atoms with Crippen LogP contribution in [0.15, 0.2) is 12.7 Å². The molecule has 3 heteroatoms. The molecule has 51 valence electrons. The van der Waals surface area contributed by atoms with Gasteiger partial charge < -0.3 is 10.2 Å². The van der Waals surface area contributed by atoms with Crippen LogP contribution in [0.1, 0.15) is 0 Å². The summed E-state index contributed by atoms with van der Waals surface area (Å²) in [5, 5.41) is 16.5. The van der Waals surface area contributed by atoms with E-state index in [2.05, 4.69) is 6.58 Å². The van der Waals surface area contributed by atoms with Crippen LogP contribution in [0.4, 0.5) is 0 Å². The zero-order valence-electron chi connectivity index (χ0n) is 4.95. The van der Waals surface area contributed by atoms with Crippen molar-refractivity contribution in [3.63, 3.8) is 0 Å². The molecule has 0 amide bonds. The number of hydrogen-bond donors (Lipinski definition) is 2. The van der Waals surface area contributed by atoms with Crippen LogP contribution in [0.2, 0.25) is 0 Å². The molecule has 0 aromatic carbocycles. The lowest BCUT2D eigenvalue weighted by molar-refractivity contribution is -0.139. The second-order valence-corrected chi connectivity index (χ2v) is 1.52. The Morgan fingerprint density at radius 3 is 2.44 bits per heavy atom. The summed E-state index contributed by atoms with van der Waals surface area (Å²) in [4.78, 5) is 10.1. The van der Waals surface area contributed by atoms with Gasteiger partial charge in [0, 0.05) is 13.0 Å². The largest absolute Gasteiger partial charge is 0.481 e. The monoisotopic (exact) mass is 129 g/mol. The van der Waals surface area contributed by atoms with Crippen molar-refractivity contribution in [3.05, 3.63) is 19.1 Å². The van der Waals surface area contributed by atoms with Crippen molar-refractivity contribution in [3.8, 4) is 0 Å². The van der Waals surface area contributed by atoms with E-state index in [0.717, 1.165) is 0 Å². The molecule has 0 aliphatic heterocycles. The Kier molecular flexibility index (Phi) is 3.71. The van der Waals surface area contributed by atoms with Gasteiger partial charge in [-0.3, -0.25) is 4.79 Å². The highest BCUT2D eigenvalue weighted by molar-refractivity contribution is 5.73. The van der Waals surface area contributed by atoms with Crippen molar-refractivity contribution >= 4 is 5.97 Å². The molecule has 0 saturated heterocycles. The maximum absolute atomic E-state index is 10.1. The van der Waals surface area contributed by atoms with Gasteiger partial charge in [-0.25, -0.2) is 0 Å². The van der Waals surface area contributed by atoms with Gasteiger partial charge in [0.15, 0.2) is 0 Å². The van der Waals surface area contributed by atoms with Crippen molar-refractivity contribution in [1.29, 1.82) is 0 Å². The fraction of sp³-hybridized carbons (Fsp3) is 0.333. The SMILES string of the molecule is C=CC([CH]CO)C(=O)O. The van der Waals surface area contributed by atoms with Gasteiger partial charge in [0.25, 0.3) is 0 Å². The van der Waals surface area contributed by atoms with Gasteiger partial charge in [-0.2, -0.15) is 0 Å². The first-order valence-corrected chi connectivity index (χ1v) is 2.52. The predicted octanol–water partition coefficient (Wildman–Crippen LogP) is 0.0698. The maximum Gasteiger partial charge on any atom is 0.310 e. The summed E-state index contributed by atoms with van der Waals surface area (Å²) in [6.45, 7) is 3.04. The van der Waals surface area contributed by atoms with Crippen molar-refractivity contribution < 1.29 is 15.0 Å². The summed E-state index contributed by atoms with van der Waals surface area (Å²) in [7, 11) is 0. The van der Waals surface area contributed by atoms with E-state index >= 15 is 0 Å². The Balaban J connectivity index is 3.68. The van der Waals surface area contributed by atoms with Gasteiger partial charge in [0.1, 0.15) is 0 Å². The average Bonchev–Trinajstić information content (AvgIpc) is 1.82. The van der Waals surface area contributed by atoms with E-state index in [-0.39, 0.29) is 6.61 Å². The zero-order valence-corrected chi connectivity index (χ0v) is 4.95. The van der Waals surface area contributed by atoms with Gasteiger partial charge in [-0.15, -0.1) is 6.58 Å². The number of carbonyl (C=O) groups is 1. The molecular formula is C6H9O3. The Hall–Kier alpha value is -0.830. The second kappa shape index (κ2) is 4.09. The molecule has 3 nitrogen and oxygen atoms in total. The highest BCUT2D eigenvalue weighted by atomic mass is 16.4. The summed E-state index contributed by atoms with van der Waals surface area (Å²) >= 11 is 0. The van der Waals surface area contributed by atoms with Crippen molar-refractivity contribution in [2.75, 3.05) is 6.61 Å². The highest BCUT2D eigenvalue weighted by Gasteiger charge is 2.11. The molecule has 0 heterocycles. The summed E-state index contributed by atoms with van der Waals surface area (Å²) < 4.78 is 0. The van der Waals surface area contributed by atoms with Crippen LogP contribution >= 0.6 is 0 Å². The first-order valence-electron chi connectivity index (χ1n) is 2.52. The van der Waals surface area contributed by atoms with Crippen LogP contribution in [0, 0.1) is 12.3 Å². The van der Waals surface area contributed by atoms with E-state index in [9.17, 15) is 4.79 Å². The van der Waals surface area contributed by atoms with Crippen molar-refractivity contribution in [2.24, 2.45) is 5.92 Å². The van der Waals surface area contributed by atoms with Gasteiger partial charge in [-0.05, 0) is 0 Å². The van der Waals surface area contributed by atoms with E-state index in [0.29, 0.717) is 0 Å². The molecule has 0 spiro atoms. The highest BCUT2D eigenvalue weighted by Crippen LogP contribution is 2.00. The molecule has 1 atom stereocenters. The minimum Gasteiger partial charge on any atom is -0.481 e. The van der Waals surface area contributed by atoms with E-state index in [1.165, 1.54) is 12.5 Å². The molecule has 0 aromatic rings. The normalized spacial score (nSPS) is 12.6. The average molecular weight is 129 g/mol. The van der Waals surface area contributed by atoms with Crippen LogP contribution in [-0.2, 0) is 4.79 Å². The Morgan fingerprint density at radius 1 is 1.78 bits per heavy atom. The summed E-state index contributed by atoms with van der Waals surface area (Å²) in [6, 6.07) is 0. The minimum atomic E-state index is -0.987. The third-order valence-electron chi connectivity index (χ3n) is 0.898. The Morgan fingerprint density at radius 2 is 2.33 bits per heavy atom. The third kappa shape index (κ3) is 2.87. The van der Waals surface area contributed by atoms with Crippen molar-refractivity contribution in [2.45, 2.75) is 0 Å². The molecule has 9 heavy (non-hydrogen) atoms. The summed E-state index contributed by atoms with van der Waals surface area (Å²) in [5.74, 6) is -1.71. The molecule has 1 unspecified atom stereocenters. The molecular weight excluding hydrogens is 120 g/mol. The number of aliphatic carboxylic acids is 1. The molecule has 1 radical (unpaired) electrons. The van der Waals surface area contributed by atoms with Crippen LogP contribution < -0.4 is 0 Å². The van der Waals surface area contributed by atoms with Gasteiger partial charge in [0.2, 0.25) is 0 Å². The van der Waals surface area contributed by atoms with E-state index in [1.54, 1.807) is 0 Å². The minimum absolute atomic E-state index is 0.233. The Bertz CT molecular complexity index is 109. The first kappa shape index (κ1) is 8.17. The maximum atomic E-state index is 10.1. The van der Waals surface area contributed by atoms with Crippen LogP contribution in [-0.4, -0.2) is 22.8 Å². The molecule has 0 aliphatic carbocycles. The van der Waals surface area contributed by atoms with E-state index < -0.39 is 11.9 Å². The summed E-state index contributed by atoms with van der Waals surface area (Å²) in [6.07, 6.45) is 2.52. The lowest BCUT2D eigenvalue weighted by Gasteiger charge is -2.01. The van der Waals surface area contributed by atoms with Crippen LogP contribution in [0.25, 0.3) is 0 Å². The zero-order chi connectivity index (χ0) is 7.28. The molecule has 0 fully saturated rings. The number of hydrogen-bond acceptors (Lipinski definition) is 2. The van der Waals surface area contributed by atoms with Crippen molar-refractivity contribution in [1.82, 2.24) is 0 Å². The van der Waals surface area contributed by atoms with Gasteiger partial charge >= 0.3 is 5.97 Å². The molecule has 0 aliphatic rings. The van der Waals surface area contributed by atoms with Gasteiger partial charge in [0.05, 0.1) is 5.92 Å². The fourth-order valence-electron chi connectivity index (χ4n) is 0.411. The number of carboxylic acid groups (broad SMARTS) is 1. The lowest BCUT2D eigenvalue weighted by atomic mass is 10.1. The smallest absolute Gasteiger partial charge is 0.310 e. The predicted molar refractivity (Wildman–Crippen MR) is 32.7 cm³/mol. The van der Waals surface area contributed by atoms with Crippen LogP contribution in [0.3, 0.4) is 0 Å². The van der Waals surface area contributed by atoms with Crippen LogP contribution in [0.5, 0.6) is 0 Å². The Labute approximate surface area is 53.6 Å². The van der Waals surface area contributed by atoms with E-state index in [1.807, 2.05) is 0 Å². The van der Waals surface area contributed by atoms with E-state index in [4.69, 9.17) is 10.2 Å². The first-order chi connectivity index (χ1) is 4.22. The second-order valence-electron chi connectivity index (χ2n) is 1.52. The number of carboxylic acids is 1. The molecule has 2 N–H and O–H groups in total. The molecule has 0 bridgehead atoms. The fourth-order valence-corrected chi connectivity index (χ4v) is 0.411. The molecule has 0 rings (SSSR count). The number of aliphatic hydroxyl groups excluding tert-OH is 1. The molecule has 0 aromatic heterocycles. The standard InChI is InChI=1S/C6H9O3/c1-2-5(3-4-7)6(8)9/h2-3,5,7H,1,4H2,(H,8,9). The topological polar surface area (TPSA) is 57.5 Å². The molecule has 0 saturated carbocycles.